The van der Waals surface area contributed by atoms with Gasteiger partial charge in [-0.25, -0.2) is 9.59 Å². The Hall–Kier alpha value is -1.16. The summed E-state index contributed by atoms with van der Waals surface area (Å²) < 4.78 is 4.23. The lowest BCUT2D eigenvalue weighted by atomic mass is 10.2. The highest BCUT2D eigenvalue weighted by Gasteiger charge is 2.25. The summed E-state index contributed by atoms with van der Waals surface area (Å²) in [5.74, 6) is -1.03. The highest BCUT2D eigenvalue weighted by molar-refractivity contribution is 6.11. The van der Waals surface area contributed by atoms with Crippen LogP contribution >= 0.6 is 0 Å². The summed E-state index contributed by atoms with van der Waals surface area (Å²) in [5.41, 5.74) is 0.833. The van der Waals surface area contributed by atoms with E-state index >= 15 is 0 Å². The molecule has 0 radical (unpaired) electrons. The first-order chi connectivity index (χ1) is 5.54. The van der Waals surface area contributed by atoms with Gasteiger partial charge in [-0.05, 0) is 20.8 Å². The van der Waals surface area contributed by atoms with Gasteiger partial charge in [0.1, 0.15) is 0 Å². The van der Waals surface area contributed by atoms with E-state index in [0.717, 1.165) is 0 Å². The molecule has 0 aromatic rings. The van der Waals surface area contributed by atoms with Crippen LogP contribution in [-0.2, 0) is 14.3 Å². The molecule has 0 unspecified atom stereocenters. The molecule has 1 aliphatic heterocycles. The van der Waals surface area contributed by atoms with E-state index in [0.29, 0.717) is 11.1 Å². The molecule has 1 rings (SSSR count). The number of cyclic esters (lactones) is 2. The Bertz CT molecular complexity index is 205. The van der Waals surface area contributed by atoms with Crippen molar-refractivity contribution in [3.8, 4) is 0 Å². The van der Waals surface area contributed by atoms with Crippen molar-refractivity contribution < 1.29 is 19.4 Å². The number of aliphatic hydroxyl groups is 1. The van der Waals surface area contributed by atoms with E-state index < -0.39 is 11.9 Å². The largest absolute Gasteiger partial charge is 0.397 e. The summed E-state index contributed by atoms with van der Waals surface area (Å²) in [7, 11) is 0. The Labute approximate surface area is 70.8 Å². The average molecular weight is 172 g/mol. The van der Waals surface area contributed by atoms with Gasteiger partial charge in [-0.1, -0.05) is 0 Å². The Balaban J connectivity index is 0.000000354. The quantitative estimate of drug-likeness (QED) is 0.424. The van der Waals surface area contributed by atoms with Crippen molar-refractivity contribution in [2.75, 3.05) is 6.61 Å². The van der Waals surface area contributed by atoms with E-state index in [1.165, 1.54) is 0 Å². The molecule has 0 aromatic carbocycles. The number of esters is 2. The van der Waals surface area contributed by atoms with Crippen molar-refractivity contribution in [3.05, 3.63) is 11.1 Å². The number of rotatable bonds is 0. The third-order valence-corrected chi connectivity index (χ3v) is 1.36. The zero-order valence-electron chi connectivity index (χ0n) is 7.38. The Morgan fingerprint density at radius 2 is 1.42 bits per heavy atom. The lowest BCUT2D eigenvalue weighted by Crippen LogP contribution is -2.00. The average Bonchev–Trinajstić information content (AvgIpc) is 2.20. The summed E-state index contributed by atoms with van der Waals surface area (Å²) in [6.07, 6.45) is 0. The molecule has 4 heteroatoms. The van der Waals surface area contributed by atoms with Crippen LogP contribution in [-0.4, -0.2) is 23.7 Å². The number of hydrogen-bond donors (Lipinski definition) is 1. The topological polar surface area (TPSA) is 63.6 Å². The summed E-state index contributed by atoms with van der Waals surface area (Å²) in [6.45, 7) is 5.07. The van der Waals surface area contributed by atoms with E-state index in [1.54, 1.807) is 20.8 Å². The van der Waals surface area contributed by atoms with Crippen molar-refractivity contribution in [2.24, 2.45) is 0 Å². The molecule has 0 bridgehead atoms. The smallest absolute Gasteiger partial charge is 0.342 e. The van der Waals surface area contributed by atoms with Gasteiger partial charge in [0.25, 0.3) is 0 Å². The van der Waals surface area contributed by atoms with Gasteiger partial charge in [0.15, 0.2) is 0 Å². The maximum Gasteiger partial charge on any atom is 0.342 e. The lowest BCUT2D eigenvalue weighted by molar-refractivity contribution is -0.151. The molecular formula is C8H12O4. The van der Waals surface area contributed by atoms with Gasteiger partial charge in [-0.15, -0.1) is 0 Å². The van der Waals surface area contributed by atoms with Crippen LogP contribution in [0.3, 0.4) is 0 Å². The van der Waals surface area contributed by atoms with Crippen LogP contribution in [0, 0.1) is 0 Å². The first-order valence-corrected chi connectivity index (χ1v) is 3.59. The Kier molecular flexibility index (Phi) is 4.21. The number of aliphatic hydroxyl groups excluding tert-OH is 1. The molecule has 68 valence electrons. The molecule has 4 nitrogen and oxygen atoms in total. The fraction of sp³-hybridized carbons (Fsp3) is 0.500. The van der Waals surface area contributed by atoms with Gasteiger partial charge in [-0.2, -0.15) is 0 Å². The molecular weight excluding hydrogens is 160 g/mol. The first-order valence-electron chi connectivity index (χ1n) is 3.59. The van der Waals surface area contributed by atoms with E-state index in [1.807, 2.05) is 0 Å². The summed E-state index contributed by atoms with van der Waals surface area (Å²) in [6, 6.07) is 0. The van der Waals surface area contributed by atoms with Crippen molar-refractivity contribution >= 4 is 11.9 Å². The highest BCUT2D eigenvalue weighted by atomic mass is 16.6. The predicted molar refractivity (Wildman–Crippen MR) is 42.2 cm³/mol. The zero-order chi connectivity index (χ0) is 9.72. The van der Waals surface area contributed by atoms with Crippen LogP contribution in [0.2, 0.25) is 0 Å². The zero-order valence-corrected chi connectivity index (χ0v) is 7.38. The second kappa shape index (κ2) is 4.66. The summed E-state index contributed by atoms with van der Waals surface area (Å²) in [5, 5.41) is 7.57. The third kappa shape index (κ3) is 2.47. The number of carbonyl (C=O) groups is 2. The summed E-state index contributed by atoms with van der Waals surface area (Å²) >= 11 is 0. The van der Waals surface area contributed by atoms with E-state index in [2.05, 4.69) is 4.74 Å². The predicted octanol–water partition coefficient (Wildman–Crippen LogP) is 0.405. The third-order valence-electron chi connectivity index (χ3n) is 1.36. The molecule has 0 amide bonds. The molecule has 0 aliphatic carbocycles. The first kappa shape index (κ1) is 10.8. The van der Waals surface area contributed by atoms with Gasteiger partial charge < -0.3 is 9.84 Å². The fourth-order valence-corrected chi connectivity index (χ4v) is 0.543. The molecule has 1 N–H and O–H groups in total. The molecule has 1 heterocycles. The van der Waals surface area contributed by atoms with Crippen LogP contribution < -0.4 is 0 Å². The van der Waals surface area contributed by atoms with Gasteiger partial charge >= 0.3 is 11.9 Å². The SMILES string of the molecule is CC1=C(C)C(=O)OC1=O.CCO. The van der Waals surface area contributed by atoms with Crippen LogP contribution in [0.4, 0.5) is 0 Å². The standard InChI is InChI=1S/C6H6O3.C2H6O/c1-3-4(2)6(8)9-5(3)7;1-2-3/h1-2H3;3H,2H2,1H3. The van der Waals surface area contributed by atoms with Crippen LogP contribution in [0.5, 0.6) is 0 Å². The van der Waals surface area contributed by atoms with Crippen molar-refractivity contribution in [1.82, 2.24) is 0 Å². The molecule has 0 aromatic heterocycles. The number of ether oxygens (including phenoxy) is 1. The maximum absolute atomic E-state index is 10.5. The number of carbonyl (C=O) groups excluding carboxylic acids is 2. The minimum atomic E-state index is -0.516. The molecule has 12 heavy (non-hydrogen) atoms. The second-order valence-corrected chi connectivity index (χ2v) is 2.24. The van der Waals surface area contributed by atoms with Gasteiger partial charge in [0, 0.05) is 17.8 Å². The molecule has 0 atom stereocenters. The van der Waals surface area contributed by atoms with Gasteiger partial charge in [0.2, 0.25) is 0 Å². The van der Waals surface area contributed by atoms with Crippen LogP contribution in [0.1, 0.15) is 20.8 Å². The van der Waals surface area contributed by atoms with Crippen molar-refractivity contribution in [3.63, 3.8) is 0 Å². The van der Waals surface area contributed by atoms with E-state index in [-0.39, 0.29) is 6.61 Å². The second-order valence-electron chi connectivity index (χ2n) is 2.24. The minimum Gasteiger partial charge on any atom is -0.397 e. The van der Waals surface area contributed by atoms with E-state index in [4.69, 9.17) is 5.11 Å². The maximum atomic E-state index is 10.5. The van der Waals surface area contributed by atoms with Gasteiger partial charge in [-0.3, -0.25) is 0 Å². The minimum absolute atomic E-state index is 0.250. The molecule has 0 saturated carbocycles. The molecule has 1 aliphatic rings. The van der Waals surface area contributed by atoms with Crippen LogP contribution in [0.15, 0.2) is 11.1 Å². The molecule has 0 fully saturated rings. The van der Waals surface area contributed by atoms with Crippen molar-refractivity contribution in [2.45, 2.75) is 20.8 Å². The molecule has 0 saturated heterocycles. The monoisotopic (exact) mass is 172 g/mol. The van der Waals surface area contributed by atoms with Crippen LogP contribution in [0.25, 0.3) is 0 Å². The summed E-state index contributed by atoms with van der Waals surface area (Å²) in [4.78, 5) is 21.0. The van der Waals surface area contributed by atoms with E-state index in [9.17, 15) is 9.59 Å². The Morgan fingerprint density at radius 1 is 1.17 bits per heavy atom. The Morgan fingerprint density at radius 3 is 1.50 bits per heavy atom. The van der Waals surface area contributed by atoms with Crippen molar-refractivity contribution in [1.29, 1.82) is 0 Å². The lowest BCUT2D eigenvalue weighted by Gasteiger charge is -1.84. The normalized spacial score (nSPS) is 15.7. The number of hydrogen-bond acceptors (Lipinski definition) is 4. The highest BCUT2D eigenvalue weighted by Crippen LogP contribution is 2.14. The van der Waals surface area contributed by atoms with Gasteiger partial charge in [0.05, 0.1) is 0 Å². The fourth-order valence-electron chi connectivity index (χ4n) is 0.543. The molecule has 0 spiro atoms.